The van der Waals surface area contributed by atoms with E-state index in [9.17, 15) is 4.79 Å². The lowest BCUT2D eigenvalue weighted by Gasteiger charge is -2.09. The van der Waals surface area contributed by atoms with Gasteiger partial charge >= 0.3 is 0 Å². The zero-order valence-corrected chi connectivity index (χ0v) is 11.8. The molecular weight excluding hydrogens is 270 g/mol. The van der Waals surface area contributed by atoms with E-state index in [1.54, 1.807) is 24.3 Å². The summed E-state index contributed by atoms with van der Waals surface area (Å²) in [5, 5.41) is 5.85. The van der Waals surface area contributed by atoms with Gasteiger partial charge in [0.25, 0.3) is 5.91 Å². The Morgan fingerprint density at radius 1 is 1.10 bits per heavy atom. The van der Waals surface area contributed by atoms with Gasteiger partial charge in [0.1, 0.15) is 0 Å². The maximum absolute atomic E-state index is 12.2. The molecule has 0 aliphatic heterocycles. The van der Waals surface area contributed by atoms with E-state index in [0.717, 1.165) is 11.3 Å². The van der Waals surface area contributed by atoms with Crippen LogP contribution in [0.25, 0.3) is 0 Å². The number of amides is 1. The summed E-state index contributed by atoms with van der Waals surface area (Å²) >= 11 is 4.77. The lowest BCUT2D eigenvalue weighted by molar-refractivity contribution is 0.102. The molecular formula is C15H15N3OS. The molecule has 0 spiro atoms. The third kappa shape index (κ3) is 3.55. The number of carbonyl (C=O) groups excluding carboxylic acids is 1. The molecule has 2 aromatic carbocycles. The van der Waals surface area contributed by atoms with Crippen LogP contribution in [-0.2, 0) is 0 Å². The van der Waals surface area contributed by atoms with Gasteiger partial charge in [0.15, 0.2) is 5.11 Å². The summed E-state index contributed by atoms with van der Waals surface area (Å²) in [5.41, 5.74) is 8.45. The van der Waals surface area contributed by atoms with Gasteiger partial charge in [-0.15, -0.1) is 0 Å². The molecule has 0 atom stereocenters. The molecule has 0 aliphatic rings. The summed E-state index contributed by atoms with van der Waals surface area (Å²) in [4.78, 5) is 12.2. The molecule has 2 aromatic rings. The van der Waals surface area contributed by atoms with Gasteiger partial charge in [-0.1, -0.05) is 24.3 Å². The fourth-order valence-corrected chi connectivity index (χ4v) is 1.91. The van der Waals surface area contributed by atoms with Crippen molar-refractivity contribution in [2.45, 2.75) is 6.92 Å². The number of hydrogen-bond donors (Lipinski definition) is 3. The van der Waals surface area contributed by atoms with Crippen LogP contribution >= 0.6 is 12.2 Å². The average molecular weight is 285 g/mol. The van der Waals surface area contributed by atoms with Gasteiger partial charge in [0.2, 0.25) is 0 Å². The van der Waals surface area contributed by atoms with E-state index in [2.05, 4.69) is 10.6 Å². The van der Waals surface area contributed by atoms with Crippen molar-refractivity contribution >= 4 is 34.6 Å². The molecule has 0 heterocycles. The monoisotopic (exact) mass is 285 g/mol. The lowest BCUT2D eigenvalue weighted by atomic mass is 10.1. The van der Waals surface area contributed by atoms with E-state index >= 15 is 0 Å². The minimum absolute atomic E-state index is 0.168. The Morgan fingerprint density at radius 3 is 2.55 bits per heavy atom. The number of anilines is 2. The zero-order chi connectivity index (χ0) is 14.5. The van der Waals surface area contributed by atoms with Crippen LogP contribution in [0.15, 0.2) is 48.5 Å². The Kier molecular flexibility index (Phi) is 4.32. The third-order valence-corrected chi connectivity index (χ3v) is 2.89. The van der Waals surface area contributed by atoms with Gasteiger partial charge in [-0.3, -0.25) is 4.79 Å². The first-order valence-corrected chi connectivity index (χ1v) is 6.50. The first-order chi connectivity index (χ1) is 9.56. The molecule has 0 saturated heterocycles. The molecule has 4 N–H and O–H groups in total. The minimum Gasteiger partial charge on any atom is -0.376 e. The highest BCUT2D eigenvalue weighted by molar-refractivity contribution is 7.80. The van der Waals surface area contributed by atoms with Gasteiger partial charge in [0.05, 0.1) is 0 Å². The summed E-state index contributed by atoms with van der Waals surface area (Å²) in [6.07, 6.45) is 0. The molecule has 0 fully saturated rings. The number of nitrogens with two attached hydrogens (primary N) is 1. The third-order valence-electron chi connectivity index (χ3n) is 2.79. The van der Waals surface area contributed by atoms with Crippen LogP contribution in [0.2, 0.25) is 0 Å². The largest absolute Gasteiger partial charge is 0.376 e. The molecule has 0 aliphatic carbocycles. The summed E-state index contributed by atoms with van der Waals surface area (Å²) in [7, 11) is 0. The van der Waals surface area contributed by atoms with Gasteiger partial charge in [0, 0.05) is 16.9 Å². The quantitative estimate of drug-likeness (QED) is 0.759. The summed E-state index contributed by atoms with van der Waals surface area (Å²) in [6.45, 7) is 1.94. The van der Waals surface area contributed by atoms with Crippen molar-refractivity contribution in [2.24, 2.45) is 5.73 Å². The Bertz CT molecular complexity index is 655. The molecule has 0 radical (unpaired) electrons. The highest BCUT2D eigenvalue weighted by Crippen LogP contribution is 2.16. The number of nitrogens with one attached hydrogen (secondary N) is 2. The average Bonchev–Trinajstić information content (AvgIpc) is 2.41. The van der Waals surface area contributed by atoms with Gasteiger partial charge < -0.3 is 16.4 Å². The molecule has 102 valence electrons. The minimum atomic E-state index is -0.175. The second-order valence-electron chi connectivity index (χ2n) is 4.34. The Balaban J connectivity index is 2.17. The number of rotatable bonds is 3. The van der Waals surface area contributed by atoms with Crippen molar-refractivity contribution in [1.29, 1.82) is 0 Å². The van der Waals surface area contributed by atoms with Crippen molar-refractivity contribution in [1.82, 2.24) is 0 Å². The molecule has 1 amide bonds. The number of thiocarbonyl (C=S) groups is 1. The van der Waals surface area contributed by atoms with Crippen molar-refractivity contribution < 1.29 is 4.79 Å². The molecule has 5 heteroatoms. The van der Waals surface area contributed by atoms with Crippen LogP contribution in [0, 0.1) is 6.92 Å². The van der Waals surface area contributed by atoms with Crippen LogP contribution in [-0.4, -0.2) is 11.0 Å². The highest BCUT2D eigenvalue weighted by atomic mass is 32.1. The van der Waals surface area contributed by atoms with Crippen molar-refractivity contribution in [2.75, 3.05) is 10.6 Å². The number of carbonyl (C=O) groups is 1. The summed E-state index contributed by atoms with van der Waals surface area (Å²) in [5.74, 6) is -0.175. The van der Waals surface area contributed by atoms with Crippen LogP contribution in [0.3, 0.4) is 0 Å². The van der Waals surface area contributed by atoms with Gasteiger partial charge in [-0.2, -0.15) is 0 Å². The van der Waals surface area contributed by atoms with E-state index in [-0.39, 0.29) is 11.0 Å². The number of para-hydroxylation sites is 1. The maximum atomic E-state index is 12.2. The van der Waals surface area contributed by atoms with E-state index in [4.69, 9.17) is 18.0 Å². The Hall–Kier alpha value is -2.40. The second kappa shape index (κ2) is 6.16. The maximum Gasteiger partial charge on any atom is 0.255 e. The van der Waals surface area contributed by atoms with E-state index in [1.807, 2.05) is 31.2 Å². The molecule has 2 rings (SSSR count). The first kappa shape index (κ1) is 14.0. The van der Waals surface area contributed by atoms with E-state index < -0.39 is 0 Å². The smallest absolute Gasteiger partial charge is 0.255 e. The fraction of sp³-hybridized carbons (Fsp3) is 0.0667. The number of hydrogen-bond acceptors (Lipinski definition) is 2. The Labute approximate surface area is 123 Å². The predicted octanol–water partition coefficient (Wildman–Crippen LogP) is 2.90. The first-order valence-electron chi connectivity index (χ1n) is 6.10. The van der Waals surface area contributed by atoms with Crippen LogP contribution in [0.1, 0.15) is 15.9 Å². The van der Waals surface area contributed by atoms with Crippen LogP contribution < -0.4 is 16.4 Å². The molecule has 0 aromatic heterocycles. The zero-order valence-electron chi connectivity index (χ0n) is 11.0. The molecule has 0 saturated carbocycles. The van der Waals surface area contributed by atoms with Gasteiger partial charge in [-0.05, 0) is 49.0 Å². The summed E-state index contributed by atoms with van der Waals surface area (Å²) in [6, 6.07) is 14.6. The van der Waals surface area contributed by atoms with Crippen LogP contribution in [0.5, 0.6) is 0 Å². The Morgan fingerprint density at radius 2 is 1.85 bits per heavy atom. The predicted molar refractivity (Wildman–Crippen MR) is 86.0 cm³/mol. The molecule has 0 bridgehead atoms. The van der Waals surface area contributed by atoms with Crippen molar-refractivity contribution in [3.63, 3.8) is 0 Å². The SMILES string of the molecule is Cc1ccccc1NC(=O)c1cccc(NC(N)=S)c1. The summed E-state index contributed by atoms with van der Waals surface area (Å²) < 4.78 is 0. The molecule has 4 nitrogen and oxygen atoms in total. The van der Waals surface area contributed by atoms with E-state index in [1.165, 1.54) is 0 Å². The van der Waals surface area contributed by atoms with Crippen molar-refractivity contribution in [3.8, 4) is 0 Å². The fourth-order valence-electron chi connectivity index (χ4n) is 1.79. The number of aryl methyl sites for hydroxylation is 1. The normalized spacial score (nSPS) is 9.85. The number of benzene rings is 2. The van der Waals surface area contributed by atoms with E-state index in [0.29, 0.717) is 11.3 Å². The van der Waals surface area contributed by atoms with Crippen molar-refractivity contribution in [3.05, 3.63) is 59.7 Å². The second-order valence-corrected chi connectivity index (χ2v) is 4.78. The lowest BCUT2D eigenvalue weighted by Crippen LogP contribution is -2.19. The molecule has 20 heavy (non-hydrogen) atoms. The topological polar surface area (TPSA) is 67.2 Å². The standard InChI is InChI=1S/C15H15N3OS/c1-10-5-2-3-8-13(10)18-14(19)11-6-4-7-12(9-11)17-15(16)20/h2-9H,1H3,(H,18,19)(H3,16,17,20). The van der Waals surface area contributed by atoms with Gasteiger partial charge in [-0.25, -0.2) is 0 Å². The highest BCUT2D eigenvalue weighted by Gasteiger charge is 2.08. The molecule has 0 unspecified atom stereocenters. The van der Waals surface area contributed by atoms with Crippen LogP contribution in [0.4, 0.5) is 11.4 Å².